The Kier molecular flexibility index (Phi) is 21.0. The van der Waals surface area contributed by atoms with Gasteiger partial charge in [0.1, 0.15) is 11.6 Å². The number of rotatable bonds is 14. The van der Waals surface area contributed by atoms with Crippen molar-refractivity contribution in [3.63, 3.8) is 0 Å². The molecule has 0 spiro atoms. The van der Waals surface area contributed by atoms with Gasteiger partial charge in [-0.15, -0.1) is 0 Å². The third-order valence-corrected chi connectivity index (χ3v) is 13.1. The van der Waals surface area contributed by atoms with Crippen LogP contribution in [0, 0.1) is 23.5 Å². The van der Waals surface area contributed by atoms with E-state index < -0.39 is 16.0 Å². The zero-order valence-corrected chi connectivity index (χ0v) is 43.8. The van der Waals surface area contributed by atoms with Gasteiger partial charge < -0.3 is 9.66 Å². The summed E-state index contributed by atoms with van der Waals surface area (Å²) in [5, 5.41) is 11.1. The van der Waals surface area contributed by atoms with Crippen LogP contribution < -0.4 is 51.4 Å². The van der Waals surface area contributed by atoms with Gasteiger partial charge in [0.05, 0.1) is 5.60 Å². The molecular formula is C58H65F2KO5S. The molecule has 5 nitrogen and oxygen atoms in total. The molecule has 67 heavy (non-hydrogen) atoms. The largest absolute Gasteiger partial charge is 1.00 e. The van der Waals surface area contributed by atoms with E-state index in [9.17, 15) is 9.50 Å². The summed E-state index contributed by atoms with van der Waals surface area (Å²) in [6, 6.07) is 44.8. The van der Waals surface area contributed by atoms with Crippen LogP contribution >= 0.6 is 0 Å². The average molecular weight is 951 g/mol. The average Bonchev–Trinajstić information content (AvgIpc) is 3.94. The SMILES string of the molecule is CCCc1ccc(-c2ccc(-c3ccc(C4(O)CCC(CCC)C4)cc3F)cc2)cc1.CCCc1ccc(-c2ccc(-c3ccc(C4=CCC(CCC)C4)cc3F)cc2)cc1.O=S(=O)([O-])O.[K+]. The molecule has 3 atom stereocenters. The smallest absolute Gasteiger partial charge is 0.726 e. The first kappa shape index (κ1) is 54.3. The van der Waals surface area contributed by atoms with E-state index in [1.54, 1.807) is 12.1 Å². The maximum atomic E-state index is 15.0. The number of hydrogen-bond donors (Lipinski definition) is 2. The summed E-state index contributed by atoms with van der Waals surface area (Å²) in [5.74, 6) is 0.878. The maximum Gasteiger partial charge on any atom is 1.00 e. The van der Waals surface area contributed by atoms with Crippen LogP contribution in [0.5, 0.6) is 0 Å². The van der Waals surface area contributed by atoms with Crippen LogP contribution in [0.3, 0.4) is 0 Å². The second kappa shape index (κ2) is 25.8. The molecule has 1 saturated carbocycles. The second-order valence-electron chi connectivity index (χ2n) is 18.1. The third kappa shape index (κ3) is 15.7. The molecule has 0 bridgehead atoms. The zero-order chi connectivity index (χ0) is 47.3. The number of aryl methyl sites for hydroxylation is 2. The van der Waals surface area contributed by atoms with Crippen LogP contribution in [0.1, 0.15) is 121 Å². The fraction of sp³-hybridized carbons (Fsp3) is 0.345. The van der Waals surface area contributed by atoms with Crippen LogP contribution in [0.4, 0.5) is 8.78 Å². The van der Waals surface area contributed by atoms with Crippen molar-refractivity contribution in [1.82, 2.24) is 0 Å². The van der Waals surface area contributed by atoms with Crippen molar-refractivity contribution in [3.8, 4) is 44.5 Å². The predicted molar refractivity (Wildman–Crippen MR) is 267 cm³/mol. The summed E-state index contributed by atoms with van der Waals surface area (Å²) in [7, 11) is -4.92. The molecule has 3 unspecified atom stereocenters. The Hall–Kier alpha value is -3.61. The van der Waals surface area contributed by atoms with Crippen molar-refractivity contribution in [1.29, 1.82) is 0 Å². The van der Waals surface area contributed by atoms with Crippen LogP contribution in [0.25, 0.3) is 50.1 Å². The van der Waals surface area contributed by atoms with E-state index in [1.807, 2.05) is 42.5 Å². The molecule has 9 heteroatoms. The molecule has 0 heterocycles. The minimum Gasteiger partial charge on any atom is -0.726 e. The predicted octanol–water partition coefficient (Wildman–Crippen LogP) is 12.6. The maximum absolute atomic E-state index is 15.0. The van der Waals surface area contributed by atoms with Crippen LogP contribution in [-0.4, -0.2) is 22.6 Å². The van der Waals surface area contributed by atoms with E-state index in [-0.39, 0.29) is 63.0 Å². The minimum atomic E-state index is -4.92. The number of halogens is 2. The van der Waals surface area contributed by atoms with E-state index in [0.717, 1.165) is 110 Å². The van der Waals surface area contributed by atoms with Crippen LogP contribution in [0.2, 0.25) is 0 Å². The van der Waals surface area contributed by atoms with Crippen molar-refractivity contribution in [2.75, 3.05) is 0 Å². The molecule has 0 saturated heterocycles. The van der Waals surface area contributed by atoms with E-state index >= 15 is 4.39 Å². The zero-order valence-electron chi connectivity index (χ0n) is 39.9. The summed E-state index contributed by atoms with van der Waals surface area (Å²) in [5.41, 5.74) is 12.6. The monoisotopic (exact) mass is 950 g/mol. The van der Waals surface area contributed by atoms with Gasteiger partial charge in [0.25, 0.3) is 0 Å². The van der Waals surface area contributed by atoms with Crippen molar-refractivity contribution in [2.45, 2.75) is 117 Å². The first-order chi connectivity index (χ1) is 31.7. The number of allylic oxidation sites excluding steroid dienone is 2. The molecule has 0 aromatic heterocycles. The fourth-order valence-electron chi connectivity index (χ4n) is 9.67. The fourth-order valence-corrected chi connectivity index (χ4v) is 9.67. The van der Waals surface area contributed by atoms with E-state index in [4.69, 9.17) is 17.5 Å². The van der Waals surface area contributed by atoms with Gasteiger partial charge >= 0.3 is 51.4 Å². The molecule has 2 aliphatic carbocycles. The van der Waals surface area contributed by atoms with Gasteiger partial charge in [0, 0.05) is 11.1 Å². The van der Waals surface area contributed by atoms with Gasteiger partial charge in [0.2, 0.25) is 10.4 Å². The number of benzene rings is 6. The van der Waals surface area contributed by atoms with Crippen molar-refractivity contribution >= 4 is 16.0 Å². The summed E-state index contributed by atoms with van der Waals surface area (Å²) < 4.78 is 62.8. The number of aliphatic hydroxyl groups is 1. The van der Waals surface area contributed by atoms with Crippen LogP contribution in [-0.2, 0) is 28.8 Å². The molecule has 348 valence electrons. The molecule has 2 N–H and O–H groups in total. The molecule has 0 aliphatic heterocycles. The Bertz CT molecular complexity index is 2620. The first-order valence-corrected chi connectivity index (χ1v) is 25.2. The second-order valence-corrected chi connectivity index (χ2v) is 19.0. The third-order valence-electron chi connectivity index (χ3n) is 13.1. The molecule has 1 fully saturated rings. The summed E-state index contributed by atoms with van der Waals surface area (Å²) in [6.07, 6.45) is 16.3. The Morgan fingerprint density at radius 2 is 0.985 bits per heavy atom. The molecule has 6 aromatic rings. The van der Waals surface area contributed by atoms with E-state index in [0.29, 0.717) is 17.0 Å². The summed E-state index contributed by atoms with van der Waals surface area (Å²) in [6.45, 7) is 8.81. The molecule has 0 radical (unpaired) electrons. The molecule has 2 aliphatic rings. The van der Waals surface area contributed by atoms with E-state index in [2.05, 4.69) is 113 Å². The quantitative estimate of drug-likeness (QED) is 0.0644. The van der Waals surface area contributed by atoms with Gasteiger partial charge in [0.15, 0.2) is 0 Å². The topological polar surface area (TPSA) is 97.7 Å². The molecule has 6 aromatic carbocycles. The van der Waals surface area contributed by atoms with Gasteiger partial charge in [-0.05, 0) is 130 Å². The molecule has 0 amide bonds. The first-order valence-electron chi connectivity index (χ1n) is 23.8. The number of hydrogen-bond acceptors (Lipinski definition) is 4. The van der Waals surface area contributed by atoms with Gasteiger partial charge in [-0.1, -0.05) is 194 Å². The minimum absolute atomic E-state index is 0. The van der Waals surface area contributed by atoms with Gasteiger partial charge in [-0.25, -0.2) is 17.2 Å². The van der Waals surface area contributed by atoms with Gasteiger partial charge in [-0.2, -0.15) is 0 Å². The Morgan fingerprint density at radius 1 is 0.582 bits per heavy atom. The Balaban J connectivity index is 0.000000225. The summed E-state index contributed by atoms with van der Waals surface area (Å²) in [4.78, 5) is 0. The summed E-state index contributed by atoms with van der Waals surface area (Å²) >= 11 is 0. The molecular weight excluding hydrogens is 886 g/mol. The standard InChI is InChI=1S/C29H33FO.C29H31F.K.H2O4S/c1-3-5-21-7-9-23(10-8-21)24-11-13-25(14-12-24)27-16-15-26(19-28(27)30)29(31)18-17-22(20-29)6-4-2;1-3-5-21-7-10-23(11-8-21)24-13-15-25(16-14-24)28-18-17-27(20-29(28)30)26-12-9-22(19-26)6-4-2;;1-5(2,3)4/h7-16,19,22,31H,3-6,17-18,20H2,1-2H3;7-8,10-18,20,22H,3-6,9,19H2,1-2H3;;(H2,1,2,3,4)/q;;+1;/p-1. The normalized spacial score (nSPS) is 17.7. The Morgan fingerprint density at radius 3 is 1.42 bits per heavy atom. The van der Waals surface area contributed by atoms with Gasteiger partial charge in [-0.3, -0.25) is 4.55 Å². The Labute approximate surface area is 441 Å². The van der Waals surface area contributed by atoms with Crippen molar-refractivity contribution in [3.05, 3.63) is 173 Å². The molecule has 8 rings (SSSR count). The van der Waals surface area contributed by atoms with E-state index in [1.165, 1.54) is 40.7 Å². The van der Waals surface area contributed by atoms with Crippen LogP contribution in [0.15, 0.2) is 140 Å². The van der Waals surface area contributed by atoms with Crippen molar-refractivity contribution in [2.24, 2.45) is 11.8 Å². The van der Waals surface area contributed by atoms with Crippen molar-refractivity contribution < 1.29 is 82.8 Å².